The molecule has 2 aromatic rings. The maximum Gasteiger partial charge on any atom is 0.151 e. The molecule has 0 atom stereocenters. The lowest BCUT2D eigenvalue weighted by molar-refractivity contribution is 0.917. The first-order valence-electron chi connectivity index (χ1n) is 6.09. The standard InChI is InChI=1S/C14H18N4/c1-3-18(13-6-4-11(2)5-7-13)14-10-16-9-12(8-15)17-14/h4-7,9-10H,3,8,15H2,1-2H3. The summed E-state index contributed by atoms with van der Waals surface area (Å²) in [6.07, 6.45) is 3.47. The Morgan fingerprint density at radius 3 is 2.50 bits per heavy atom. The third kappa shape index (κ3) is 2.65. The first kappa shape index (κ1) is 12.5. The number of benzene rings is 1. The zero-order valence-electron chi connectivity index (χ0n) is 10.8. The van der Waals surface area contributed by atoms with Crippen LogP contribution in [-0.2, 0) is 6.54 Å². The van der Waals surface area contributed by atoms with Gasteiger partial charge in [0.1, 0.15) is 0 Å². The van der Waals surface area contributed by atoms with Gasteiger partial charge < -0.3 is 10.6 Å². The molecule has 0 spiro atoms. The fourth-order valence-corrected chi connectivity index (χ4v) is 1.82. The first-order chi connectivity index (χ1) is 8.74. The van der Waals surface area contributed by atoms with Crippen LogP contribution in [0.1, 0.15) is 18.2 Å². The molecular weight excluding hydrogens is 224 g/mol. The van der Waals surface area contributed by atoms with Crippen LogP contribution in [0.15, 0.2) is 36.7 Å². The van der Waals surface area contributed by atoms with Gasteiger partial charge in [-0.25, -0.2) is 4.98 Å². The third-order valence-electron chi connectivity index (χ3n) is 2.82. The molecule has 0 aliphatic rings. The van der Waals surface area contributed by atoms with E-state index in [9.17, 15) is 0 Å². The minimum absolute atomic E-state index is 0.409. The predicted molar refractivity (Wildman–Crippen MR) is 73.8 cm³/mol. The van der Waals surface area contributed by atoms with Crippen molar-refractivity contribution in [2.75, 3.05) is 11.4 Å². The molecule has 0 radical (unpaired) electrons. The van der Waals surface area contributed by atoms with Crippen molar-refractivity contribution in [2.45, 2.75) is 20.4 Å². The molecule has 0 saturated carbocycles. The molecule has 18 heavy (non-hydrogen) atoms. The fourth-order valence-electron chi connectivity index (χ4n) is 1.82. The highest BCUT2D eigenvalue weighted by molar-refractivity contribution is 5.59. The van der Waals surface area contributed by atoms with E-state index < -0.39 is 0 Å². The number of anilines is 2. The van der Waals surface area contributed by atoms with E-state index in [1.807, 2.05) is 0 Å². The Labute approximate surface area is 107 Å². The van der Waals surface area contributed by atoms with Crippen LogP contribution in [0, 0.1) is 6.92 Å². The average Bonchev–Trinajstić information content (AvgIpc) is 2.42. The highest BCUT2D eigenvalue weighted by atomic mass is 15.2. The van der Waals surface area contributed by atoms with Gasteiger partial charge in [-0.05, 0) is 26.0 Å². The molecule has 0 aliphatic heterocycles. The van der Waals surface area contributed by atoms with E-state index in [-0.39, 0.29) is 0 Å². The molecule has 0 saturated heterocycles. The van der Waals surface area contributed by atoms with Crippen LogP contribution in [0.5, 0.6) is 0 Å². The van der Waals surface area contributed by atoms with E-state index in [4.69, 9.17) is 5.73 Å². The smallest absolute Gasteiger partial charge is 0.151 e. The van der Waals surface area contributed by atoms with Gasteiger partial charge in [0.05, 0.1) is 11.9 Å². The summed E-state index contributed by atoms with van der Waals surface area (Å²) >= 11 is 0. The lowest BCUT2D eigenvalue weighted by Gasteiger charge is -2.22. The fraction of sp³-hybridized carbons (Fsp3) is 0.286. The zero-order valence-corrected chi connectivity index (χ0v) is 10.8. The number of nitrogens with two attached hydrogens (primary N) is 1. The van der Waals surface area contributed by atoms with Crippen LogP contribution in [0.3, 0.4) is 0 Å². The third-order valence-corrected chi connectivity index (χ3v) is 2.82. The topological polar surface area (TPSA) is 55.0 Å². The van der Waals surface area contributed by atoms with Crippen molar-refractivity contribution in [1.82, 2.24) is 9.97 Å². The maximum atomic E-state index is 5.60. The van der Waals surface area contributed by atoms with Crippen molar-refractivity contribution in [3.63, 3.8) is 0 Å². The van der Waals surface area contributed by atoms with E-state index in [0.717, 1.165) is 23.7 Å². The average molecular weight is 242 g/mol. The van der Waals surface area contributed by atoms with Crippen molar-refractivity contribution in [1.29, 1.82) is 0 Å². The summed E-state index contributed by atoms with van der Waals surface area (Å²) in [5, 5.41) is 0. The Balaban J connectivity index is 2.35. The zero-order chi connectivity index (χ0) is 13.0. The number of aryl methyl sites for hydroxylation is 1. The molecule has 94 valence electrons. The Kier molecular flexibility index (Phi) is 3.89. The van der Waals surface area contributed by atoms with Gasteiger partial charge in [0.25, 0.3) is 0 Å². The van der Waals surface area contributed by atoms with Crippen molar-refractivity contribution < 1.29 is 0 Å². The molecular formula is C14H18N4. The first-order valence-corrected chi connectivity index (χ1v) is 6.09. The normalized spacial score (nSPS) is 10.4. The Morgan fingerprint density at radius 1 is 1.17 bits per heavy atom. The van der Waals surface area contributed by atoms with Crippen LogP contribution in [0.2, 0.25) is 0 Å². The number of nitrogens with zero attached hydrogens (tertiary/aromatic N) is 3. The summed E-state index contributed by atoms with van der Waals surface area (Å²) in [6.45, 7) is 5.42. The highest BCUT2D eigenvalue weighted by Gasteiger charge is 2.09. The summed E-state index contributed by atoms with van der Waals surface area (Å²) in [7, 11) is 0. The molecule has 1 aromatic carbocycles. The van der Waals surface area contributed by atoms with E-state index in [0.29, 0.717) is 6.54 Å². The second-order valence-electron chi connectivity index (χ2n) is 4.15. The number of hydrogen-bond acceptors (Lipinski definition) is 4. The summed E-state index contributed by atoms with van der Waals surface area (Å²) in [5.74, 6) is 0.837. The SMILES string of the molecule is CCN(c1ccc(C)cc1)c1cncc(CN)n1. The summed E-state index contributed by atoms with van der Waals surface area (Å²) < 4.78 is 0. The molecule has 0 fully saturated rings. The molecule has 0 amide bonds. The van der Waals surface area contributed by atoms with Crippen molar-refractivity contribution in [3.8, 4) is 0 Å². The largest absolute Gasteiger partial charge is 0.325 e. The van der Waals surface area contributed by atoms with E-state index in [2.05, 4.69) is 53.0 Å². The minimum atomic E-state index is 0.409. The quantitative estimate of drug-likeness (QED) is 0.894. The van der Waals surface area contributed by atoms with E-state index in [1.165, 1.54) is 5.56 Å². The van der Waals surface area contributed by atoms with Crippen molar-refractivity contribution >= 4 is 11.5 Å². The van der Waals surface area contributed by atoms with Crippen molar-refractivity contribution in [3.05, 3.63) is 47.9 Å². The van der Waals surface area contributed by atoms with Crippen LogP contribution in [0.25, 0.3) is 0 Å². The lowest BCUT2D eigenvalue weighted by Crippen LogP contribution is -2.18. The molecule has 1 heterocycles. The van der Waals surface area contributed by atoms with Gasteiger partial charge in [0.2, 0.25) is 0 Å². The van der Waals surface area contributed by atoms with Gasteiger partial charge in [-0.2, -0.15) is 0 Å². The van der Waals surface area contributed by atoms with Gasteiger partial charge in [-0.3, -0.25) is 4.98 Å². The molecule has 0 bridgehead atoms. The van der Waals surface area contributed by atoms with Crippen LogP contribution >= 0.6 is 0 Å². The molecule has 1 aromatic heterocycles. The molecule has 2 rings (SSSR count). The number of aromatic nitrogens is 2. The lowest BCUT2D eigenvalue weighted by atomic mass is 10.2. The van der Waals surface area contributed by atoms with Gasteiger partial charge in [0.15, 0.2) is 5.82 Å². The van der Waals surface area contributed by atoms with Gasteiger partial charge in [-0.1, -0.05) is 17.7 Å². The van der Waals surface area contributed by atoms with E-state index in [1.54, 1.807) is 12.4 Å². The molecule has 0 unspecified atom stereocenters. The highest BCUT2D eigenvalue weighted by Crippen LogP contribution is 2.22. The van der Waals surface area contributed by atoms with Crippen LogP contribution < -0.4 is 10.6 Å². The molecule has 4 heteroatoms. The minimum Gasteiger partial charge on any atom is -0.325 e. The summed E-state index contributed by atoms with van der Waals surface area (Å²) in [4.78, 5) is 10.8. The van der Waals surface area contributed by atoms with Crippen LogP contribution in [-0.4, -0.2) is 16.5 Å². The second-order valence-corrected chi connectivity index (χ2v) is 4.15. The Bertz CT molecular complexity index is 507. The monoisotopic (exact) mass is 242 g/mol. The van der Waals surface area contributed by atoms with Gasteiger partial charge in [-0.15, -0.1) is 0 Å². The Morgan fingerprint density at radius 2 is 1.89 bits per heavy atom. The van der Waals surface area contributed by atoms with Crippen LogP contribution in [0.4, 0.5) is 11.5 Å². The van der Waals surface area contributed by atoms with Gasteiger partial charge in [0, 0.05) is 25.0 Å². The summed E-state index contributed by atoms with van der Waals surface area (Å²) in [5.41, 5.74) is 8.77. The van der Waals surface area contributed by atoms with Gasteiger partial charge >= 0.3 is 0 Å². The molecule has 0 aliphatic carbocycles. The molecule has 4 nitrogen and oxygen atoms in total. The second kappa shape index (κ2) is 5.60. The number of hydrogen-bond donors (Lipinski definition) is 1. The summed E-state index contributed by atoms with van der Waals surface area (Å²) in [6, 6.07) is 8.38. The maximum absolute atomic E-state index is 5.60. The predicted octanol–water partition coefficient (Wildman–Crippen LogP) is 2.40. The molecule has 2 N–H and O–H groups in total. The van der Waals surface area contributed by atoms with Crippen molar-refractivity contribution in [2.24, 2.45) is 5.73 Å². The number of rotatable bonds is 4. The Hall–Kier alpha value is -1.94. The van der Waals surface area contributed by atoms with E-state index >= 15 is 0 Å².